The molecule has 0 saturated carbocycles. The van der Waals surface area contributed by atoms with Crippen LogP contribution >= 0.6 is 0 Å². The monoisotopic (exact) mass is 332 g/mol. The van der Waals surface area contributed by atoms with Crippen LogP contribution < -0.4 is 10.9 Å². The van der Waals surface area contributed by atoms with Crippen molar-refractivity contribution in [3.63, 3.8) is 0 Å². The molecule has 2 rings (SSSR count). The fourth-order valence-electron chi connectivity index (χ4n) is 2.03. The van der Waals surface area contributed by atoms with Crippen molar-refractivity contribution in [2.45, 2.75) is 13.3 Å². The largest absolute Gasteiger partial charge is 0.482 e. The van der Waals surface area contributed by atoms with Gasteiger partial charge in [-0.1, -0.05) is 12.1 Å². The van der Waals surface area contributed by atoms with Gasteiger partial charge < -0.3 is 14.8 Å². The first-order chi connectivity index (χ1) is 11.7. The van der Waals surface area contributed by atoms with Crippen LogP contribution in [0.5, 0.6) is 0 Å². The molecule has 0 aliphatic carbocycles. The maximum absolute atomic E-state index is 12.6. The van der Waals surface area contributed by atoms with Crippen molar-refractivity contribution >= 4 is 23.2 Å². The van der Waals surface area contributed by atoms with E-state index in [1.54, 1.807) is 38.3 Å². The van der Waals surface area contributed by atoms with Crippen LogP contribution in [0.25, 0.3) is 10.9 Å². The Kier molecular flexibility index (Phi) is 6.44. The Bertz CT molecular complexity index is 785. The molecule has 24 heavy (non-hydrogen) atoms. The van der Waals surface area contributed by atoms with Gasteiger partial charge in [-0.05, 0) is 25.5 Å². The molecule has 128 valence electrons. The summed E-state index contributed by atoms with van der Waals surface area (Å²) in [6.07, 6.45) is 1.78. The number of amides is 1. The van der Waals surface area contributed by atoms with Crippen LogP contribution in [-0.2, 0) is 9.47 Å². The number of ether oxygens (including phenoxy) is 2. The molecule has 0 spiro atoms. The number of aromatic nitrogens is 2. The summed E-state index contributed by atoms with van der Waals surface area (Å²) in [4.78, 5) is 29.2. The highest BCUT2D eigenvalue weighted by Crippen LogP contribution is 2.08. The van der Waals surface area contributed by atoms with Crippen LogP contribution in [0.1, 0.15) is 24.0 Å². The van der Waals surface area contributed by atoms with Gasteiger partial charge in [-0.3, -0.25) is 9.59 Å². The van der Waals surface area contributed by atoms with Crippen LogP contribution in [0.2, 0.25) is 0 Å². The number of rotatable bonds is 8. The van der Waals surface area contributed by atoms with E-state index in [4.69, 9.17) is 9.47 Å². The third-order valence-corrected chi connectivity index (χ3v) is 3.17. The minimum absolute atomic E-state index is 0.0907. The number of para-hydroxylation sites is 1. The zero-order valence-corrected chi connectivity index (χ0v) is 13.7. The highest BCUT2D eigenvalue weighted by molar-refractivity contribution is 5.93. The second-order valence-corrected chi connectivity index (χ2v) is 4.85. The van der Waals surface area contributed by atoms with E-state index in [9.17, 15) is 9.59 Å². The smallest absolute Gasteiger partial charge is 0.289 e. The number of carbonyl (C=O) groups is 1. The third kappa shape index (κ3) is 4.17. The molecule has 8 nitrogen and oxygen atoms in total. The quantitative estimate of drug-likeness (QED) is 0.442. The van der Waals surface area contributed by atoms with Crippen molar-refractivity contribution in [1.82, 2.24) is 15.0 Å². The molecule has 0 aliphatic rings. The first kappa shape index (κ1) is 17.6. The number of carbonyl (C=O) groups excluding carboxylic acids is 1. The number of hydrogen-bond donors (Lipinski definition) is 1. The lowest BCUT2D eigenvalue weighted by atomic mass is 10.2. The second kappa shape index (κ2) is 8.78. The number of hydrogen-bond acceptors (Lipinski definition) is 6. The van der Waals surface area contributed by atoms with Crippen LogP contribution in [0.4, 0.5) is 0 Å². The van der Waals surface area contributed by atoms with E-state index in [-0.39, 0.29) is 5.82 Å². The zero-order chi connectivity index (χ0) is 17.4. The molecule has 1 aromatic heterocycles. The molecule has 2 aromatic rings. The van der Waals surface area contributed by atoms with Gasteiger partial charge in [0.05, 0.1) is 17.5 Å². The van der Waals surface area contributed by atoms with E-state index >= 15 is 0 Å². The minimum Gasteiger partial charge on any atom is -0.482 e. The molecule has 0 saturated heterocycles. The van der Waals surface area contributed by atoms with Gasteiger partial charge in [0.2, 0.25) is 5.82 Å². The lowest BCUT2D eigenvalue weighted by Crippen LogP contribution is -2.33. The Labute approximate surface area is 139 Å². The van der Waals surface area contributed by atoms with Crippen LogP contribution in [0.3, 0.4) is 0 Å². The molecular weight excluding hydrogens is 312 g/mol. The Morgan fingerprint density at radius 1 is 1.42 bits per heavy atom. The minimum atomic E-state index is -0.484. The molecule has 8 heteroatoms. The summed E-state index contributed by atoms with van der Waals surface area (Å²) >= 11 is 0. The normalized spacial score (nSPS) is 11.1. The zero-order valence-electron chi connectivity index (χ0n) is 13.7. The van der Waals surface area contributed by atoms with Crippen LogP contribution in [-0.4, -0.2) is 48.8 Å². The van der Waals surface area contributed by atoms with E-state index in [0.717, 1.165) is 11.1 Å². The topological polar surface area (TPSA) is 94.8 Å². The van der Waals surface area contributed by atoms with Gasteiger partial charge >= 0.3 is 0 Å². The molecule has 0 bridgehead atoms. The van der Waals surface area contributed by atoms with Crippen molar-refractivity contribution in [3.8, 4) is 0 Å². The fourth-order valence-corrected chi connectivity index (χ4v) is 2.03. The van der Waals surface area contributed by atoms with E-state index in [2.05, 4.69) is 15.4 Å². The Morgan fingerprint density at radius 2 is 2.21 bits per heavy atom. The predicted molar refractivity (Wildman–Crippen MR) is 90.3 cm³/mol. The summed E-state index contributed by atoms with van der Waals surface area (Å²) in [7, 11) is 1.59. The lowest BCUT2D eigenvalue weighted by Gasteiger charge is -2.09. The summed E-state index contributed by atoms with van der Waals surface area (Å²) in [5.41, 5.74) is 0.00555. The standard InChI is InChI=1S/C16H20N4O4/c1-3-24-11-18-20-14(15(21)17-9-6-10-23-2)19-13-8-5-4-7-12(13)16(20)22/h4-5,7-8,11H,3,6,9-10H2,1-2H3,(H,17,21). The third-order valence-electron chi connectivity index (χ3n) is 3.17. The van der Waals surface area contributed by atoms with Crippen molar-refractivity contribution in [1.29, 1.82) is 0 Å². The number of benzene rings is 1. The van der Waals surface area contributed by atoms with Gasteiger partial charge in [0.1, 0.15) is 0 Å². The fraction of sp³-hybridized carbons (Fsp3) is 0.375. The molecular formula is C16H20N4O4. The number of methoxy groups -OCH3 is 1. The predicted octanol–water partition coefficient (Wildman–Crippen LogP) is 0.991. The van der Waals surface area contributed by atoms with E-state index in [1.807, 2.05) is 0 Å². The summed E-state index contributed by atoms with van der Waals surface area (Å²) in [6, 6.07) is 6.79. The molecule has 0 radical (unpaired) electrons. The Hall–Kier alpha value is -2.74. The maximum atomic E-state index is 12.6. The first-order valence-electron chi connectivity index (χ1n) is 7.62. The van der Waals surface area contributed by atoms with Gasteiger partial charge in [0.15, 0.2) is 6.40 Å². The van der Waals surface area contributed by atoms with Gasteiger partial charge in [0, 0.05) is 20.3 Å². The summed E-state index contributed by atoms with van der Waals surface area (Å²) in [5.74, 6) is -0.574. The average molecular weight is 332 g/mol. The molecule has 0 unspecified atom stereocenters. The second-order valence-electron chi connectivity index (χ2n) is 4.85. The molecule has 1 N–H and O–H groups in total. The highest BCUT2D eigenvalue weighted by atomic mass is 16.5. The maximum Gasteiger partial charge on any atom is 0.289 e. The molecule has 1 aromatic carbocycles. The van der Waals surface area contributed by atoms with E-state index < -0.39 is 11.5 Å². The highest BCUT2D eigenvalue weighted by Gasteiger charge is 2.16. The van der Waals surface area contributed by atoms with Crippen molar-refractivity contribution in [2.75, 3.05) is 26.9 Å². The Balaban J connectivity index is 2.39. The van der Waals surface area contributed by atoms with Crippen molar-refractivity contribution < 1.29 is 14.3 Å². The van der Waals surface area contributed by atoms with E-state index in [1.165, 1.54) is 0 Å². The molecule has 1 amide bonds. The van der Waals surface area contributed by atoms with Gasteiger partial charge in [-0.25, -0.2) is 4.98 Å². The molecule has 0 fully saturated rings. The Morgan fingerprint density at radius 3 is 2.96 bits per heavy atom. The molecule has 1 heterocycles. The van der Waals surface area contributed by atoms with Crippen LogP contribution in [0.15, 0.2) is 34.2 Å². The molecule has 0 aliphatic heterocycles. The lowest BCUT2D eigenvalue weighted by molar-refractivity contribution is 0.0933. The van der Waals surface area contributed by atoms with Gasteiger partial charge in [-0.15, -0.1) is 5.10 Å². The van der Waals surface area contributed by atoms with Crippen molar-refractivity contribution in [2.24, 2.45) is 5.10 Å². The number of nitrogens with one attached hydrogen (secondary N) is 1. The van der Waals surface area contributed by atoms with Crippen molar-refractivity contribution in [3.05, 3.63) is 40.4 Å². The first-order valence-corrected chi connectivity index (χ1v) is 7.62. The summed E-state index contributed by atoms with van der Waals surface area (Å²) in [5, 5.41) is 7.00. The van der Waals surface area contributed by atoms with Gasteiger partial charge in [0.25, 0.3) is 11.5 Å². The van der Waals surface area contributed by atoms with Gasteiger partial charge in [-0.2, -0.15) is 4.68 Å². The van der Waals surface area contributed by atoms with E-state index in [0.29, 0.717) is 37.1 Å². The SMILES string of the molecule is CCOC=Nn1c(C(=O)NCCCOC)nc2ccccc2c1=O. The number of nitrogens with zero attached hydrogens (tertiary/aromatic N) is 3. The average Bonchev–Trinajstić information content (AvgIpc) is 2.60. The molecule has 0 atom stereocenters. The summed E-state index contributed by atoms with van der Waals surface area (Å²) < 4.78 is 10.9. The summed E-state index contributed by atoms with van der Waals surface area (Å²) in [6.45, 7) is 3.12. The van der Waals surface area contributed by atoms with Crippen LogP contribution in [0, 0.1) is 0 Å². The number of fused-ring (bicyclic) bond motifs is 1.